The smallest absolute Gasteiger partial charge is 0.220 e. The maximum absolute atomic E-state index is 12.1. The van der Waals surface area contributed by atoms with E-state index in [0.29, 0.717) is 36.6 Å². The Hall–Kier alpha value is -1.80. The lowest BCUT2D eigenvalue weighted by molar-refractivity contribution is -0.941. The number of rotatable bonds is 18. The van der Waals surface area contributed by atoms with E-state index in [1.165, 1.54) is 5.56 Å². The summed E-state index contributed by atoms with van der Waals surface area (Å²) in [6.45, 7) is 10.3. The molecule has 0 radical (unpaired) electrons. The van der Waals surface area contributed by atoms with Crippen LogP contribution in [0.4, 0.5) is 0 Å². The summed E-state index contributed by atoms with van der Waals surface area (Å²) >= 11 is 0. The van der Waals surface area contributed by atoms with Crippen LogP contribution in [-0.4, -0.2) is 105 Å². The lowest BCUT2D eigenvalue weighted by atomic mass is 10.1. The third-order valence-electron chi connectivity index (χ3n) is 6.82. The first-order valence-electron chi connectivity index (χ1n) is 12.7. The predicted molar refractivity (Wildman–Crippen MR) is 137 cm³/mol. The fourth-order valence-corrected chi connectivity index (χ4v) is 4.25. The minimum Gasteiger partial charge on any atom is -0.382 e. The maximum Gasteiger partial charge on any atom is 0.220 e. The molecule has 0 saturated heterocycles. The van der Waals surface area contributed by atoms with Crippen LogP contribution >= 0.6 is 0 Å². The minimum absolute atomic E-state index is 0.0219. The van der Waals surface area contributed by atoms with Gasteiger partial charge in [0.05, 0.1) is 46.4 Å². The second kappa shape index (κ2) is 15.2. The number of aliphatic hydroxyl groups excluding tert-OH is 1. The van der Waals surface area contributed by atoms with Crippen molar-refractivity contribution in [2.75, 3.05) is 60.5 Å². The average Bonchev–Trinajstić information content (AvgIpc) is 2.78. The molecule has 1 amide bonds. The van der Waals surface area contributed by atoms with Crippen LogP contribution in [0, 0.1) is 0 Å². The first-order valence-corrected chi connectivity index (χ1v) is 12.7. The van der Waals surface area contributed by atoms with Gasteiger partial charge in [-0.05, 0) is 32.8 Å². The van der Waals surface area contributed by atoms with E-state index in [-0.39, 0.29) is 18.6 Å². The van der Waals surface area contributed by atoms with Gasteiger partial charge in [-0.3, -0.25) is 4.79 Å². The van der Waals surface area contributed by atoms with Crippen LogP contribution in [0.5, 0.6) is 0 Å². The molecule has 3 atom stereocenters. The highest BCUT2D eigenvalue weighted by Gasteiger charge is 2.32. The van der Waals surface area contributed by atoms with Crippen LogP contribution in [0.25, 0.3) is 0 Å². The van der Waals surface area contributed by atoms with Gasteiger partial charge in [-0.15, -0.1) is 0 Å². The average molecular weight is 480 g/mol. The SMILES string of the molecule is CC(CC[N+](C)(CC(O)C[N+](C)(C)CCCNC(=O)CCc1ccccc1)C(C)C)OCC=O. The quantitative estimate of drug-likeness (QED) is 0.193. The van der Waals surface area contributed by atoms with Crippen LogP contribution in [0.15, 0.2) is 30.3 Å². The molecule has 0 aliphatic rings. The zero-order chi connectivity index (χ0) is 25.6. The third kappa shape index (κ3) is 12.6. The summed E-state index contributed by atoms with van der Waals surface area (Å²) in [4.78, 5) is 22.6. The van der Waals surface area contributed by atoms with Crippen LogP contribution < -0.4 is 5.32 Å². The third-order valence-corrected chi connectivity index (χ3v) is 6.82. The summed E-state index contributed by atoms with van der Waals surface area (Å²) in [7, 11) is 6.45. The Morgan fingerprint density at radius 2 is 1.76 bits per heavy atom. The van der Waals surface area contributed by atoms with E-state index in [2.05, 4.69) is 40.3 Å². The number of ether oxygens (including phenoxy) is 1. The Morgan fingerprint density at radius 1 is 1.09 bits per heavy atom. The molecule has 0 spiro atoms. The van der Waals surface area contributed by atoms with Gasteiger partial charge in [-0.2, -0.15) is 0 Å². The number of nitrogens with one attached hydrogen (secondary N) is 1. The van der Waals surface area contributed by atoms with Crippen LogP contribution in [-0.2, 0) is 20.7 Å². The highest BCUT2D eigenvalue weighted by Crippen LogP contribution is 2.16. The predicted octanol–water partition coefficient (Wildman–Crippen LogP) is 2.41. The highest BCUT2D eigenvalue weighted by molar-refractivity contribution is 5.76. The number of amides is 1. The number of aldehydes is 1. The van der Waals surface area contributed by atoms with Crippen LogP contribution in [0.2, 0.25) is 0 Å². The van der Waals surface area contributed by atoms with Crippen molar-refractivity contribution in [1.29, 1.82) is 0 Å². The lowest BCUT2D eigenvalue weighted by Gasteiger charge is -2.42. The molecule has 1 aromatic rings. The van der Waals surface area contributed by atoms with E-state index in [4.69, 9.17) is 4.74 Å². The number of carbonyl (C=O) groups excluding carboxylic acids is 2. The summed E-state index contributed by atoms with van der Waals surface area (Å²) in [5, 5.41) is 13.9. The number of aryl methyl sites for hydroxylation is 1. The molecule has 0 bridgehead atoms. The van der Waals surface area contributed by atoms with Crippen molar-refractivity contribution in [3.8, 4) is 0 Å². The molecule has 1 rings (SSSR count). The first kappa shape index (κ1) is 30.2. The van der Waals surface area contributed by atoms with Crippen molar-refractivity contribution < 1.29 is 28.4 Å². The summed E-state index contributed by atoms with van der Waals surface area (Å²) in [6, 6.07) is 10.4. The van der Waals surface area contributed by atoms with Crippen molar-refractivity contribution in [2.24, 2.45) is 0 Å². The maximum atomic E-state index is 12.1. The molecular weight excluding hydrogens is 430 g/mol. The molecule has 0 aliphatic carbocycles. The zero-order valence-electron chi connectivity index (χ0n) is 22.3. The van der Waals surface area contributed by atoms with Gasteiger partial charge in [0.15, 0.2) is 6.10 Å². The van der Waals surface area contributed by atoms with Crippen LogP contribution in [0.3, 0.4) is 0 Å². The van der Waals surface area contributed by atoms with E-state index in [0.717, 1.165) is 43.1 Å². The van der Waals surface area contributed by atoms with Gasteiger partial charge in [-0.1, -0.05) is 30.3 Å². The van der Waals surface area contributed by atoms with E-state index in [1.54, 1.807) is 0 Å². The van der Waals surface area contributed by atoms with Gasteiger partial charge in [0, 0.05) is 25.8 Å². The Morgan fingerprint density at radius 3 is 2.38 bits per heavy atom. The second-order valence-electron chi connectivity index (χ2n) is 10.8. The van der Waals surface area contributed by atoms with Crippen molar-refractivity contribution in [1.82, 2.24) is 5.32 Å². The zero-order valence-corrected chi connectivity index (χ0v) is 22.3. The van der Waals surface area contributed by atoms with Crippen molar-refractivity contribution in [2.45, 2.75) is 64.7 Å². The van der Waals surface area contributed by atoms with Crippen molar-refractivity contribution in [3.63, 3.8) is 0 Å². The van der Waals surface area contributed by atoms with E-state index in [1.807, 2.05) is 37.3 Å². The van der Waals surface area contributed by atoms with E-state index < -0.39 is 6.10 Å². The number of carbonyl (C=O) groups is 2. The molecule has 0 heterocycles. The topological polar surface area (TPSA) is 75.6 Å². The number of aliphatic hydroxyl groups is 1. The number of hydrogen-bond acceptors (Lipinski definition) is 4. The Labute approximate surface area is 207 Å². The molecule has 34 heavy (non-hydrogen) atoms. The molecular formula is C27H49N3O4+2. The number of likely N-dealkylation sites (N-methyl/N-ethyl adjacent to an activating group) is 2. The summed E-state index contributed by atoms with van der Waals surface area (Å²) < 4.78 is 6.95. The molecule has 194 valence electrons. The van der Waals surface area contributed by atoms with Crippen molar-refractivity contribution in [3.05, 3.63) is 35.9 Å². The van der Waals surface area contributed by atoms with Gasteiger partial charge >= 0.3 is 0 Å². The first-order chi connectivity index (χ1) is 16.0. The largest absolute Gasteiger partial charge is 0.382 e. The number of nitrogens with zero attached hydrogens (tertiary/aromatic N) is 2. The summed E-state index contributed by atoms with van der Waals surface area (Å²) in [5.74, 6) is 0.0885. The number of hydrogen-bond donors (Lipinski definition) is 2. The fraction of sp³-hybridized carbons (Fsp3) is 0.704. The monoisotopic (exact) mass is 479 g/mol. The normalized spacial score (nSPS) is 15.5. The molecule has 1 aromatic carbocycles. The van der Waals surface area contributed by atoms with Gasteiger partial charge < -0.3 is 28.9 Å². The van der Waals surface area contributed by atoms with Gasteiger partial charge in [-0.25, -0.2) is 0 Å². The summed E-state index contributed by atoms with van der Waals surface area (Å²) in [6.07, 6.45) is 3.37. The van der Waals surface area contributed by atoms with Gasteiger partial charge in [0.2, 0.25) is 5.91 Å². The molecule has 0 aliphatic heterocycles. The molecule has 0 aromatic heterocycles. The highest BCUT2D eigenvalue weighted by atomic mass is 16.5. The summed E-state index contributed by atoms with van der Waals surface area (Å²) in [5.41, 5.74) is 1.18. The molecule has 2 N–H and O–H groups in total. The Balaban J connectivity index is 2.38. The molecule has 7 nitrogen and oxygen atoms in total. The molecule has 3 unspecified atom stereocenters. The van der Waals surface area contributed by atoms with Crippen molar-refractivity contribution >= 4 is 12.2 Å². The fourth-order valence-electron chi connectivity index (χ4n) is 4.25. The Kier molecular flexibility index (Phi) is 13.6. The number of quaternary nitrogens is 2. The van der Waals surface area contributed by atoms with Gasteiger partial charge in [0.1, 0.15) is 26.0 Å². The number of benzene rings is 1. The van der Waals surface area contributed by atoms with E-state index >= 15 is 0 Å². The standard InChI is InChI=1S/C27H48N3O4/c1-23(2)30(6,18-15-24(3)34-20-19-31)22-26(32)21-29(4,5)17-10-16-28-27(33)14-13-25-11-8-7-9-12-25/h7-9,11-12,19,23-24,26,32H,10,13-18,20-22H2,1-6H3/q+1/p+1. The minimum atomic E-state index is -0.422. The second-order valence-corrected chi connectivity index (χ2v) is 10.8. The van der Waals surface area contributed by atoms with E-state index in [9.17, 15) is 14.7 Å². The van der Waals surface area contributed by atoms with Crippen LogP contribution in [0.1, 0.15) is 45.6 Å². The molecule has 0 fully saturated rings. The Bertz CT molecular complexity index is 711. The molecule has 0 saturated carbocycles. The van der Waals surface area contributed by atoms with Gasteiger partial charge in [0.25, 0.3) is 0 Å². The molecule has 7 heteroatoms. The lowest BCUT2D eigenvalue weighted by Crippen LogP contribution is -2.58.